The number of fused-ring (bicyclic) bond motifs is 1. The van der Waals surface area contributed by atoms with Gasteiger partial charge in [-0.15, -0.1) is 0 Å². The van der Waals surface area contributed by atoms with Crippen LogP contribution in [-0.4, -0.2) is 46.0 Å². The highest BCUT2D eigenvalue weighted by atomic mass is 19.1. The Balaban J connectivity index is 1.71. The minimum Gasteiger partial charge on any atom is -0.461 e. The summed E-state index contributed by atoms with van der Waals surface area (Å²) in [7, 11) is 0. The fourth-order valence-electron chi connectivity index (χ4n) is 3.51. The summed E-state index contributed by atoms with van der Waals surface area (Å²) in [6, 6.07) is 17.6. The highest BCUT2D eigenvalue weighted by Crippen LogP contribution is 2.34. The molecule has 1 aliphatic heterocycles. The smallest absolute Gasteiger partial charge is 0.229 e. The van der Waals surface area contributed by atoms with Crippen LogP contribution < -0.4 is 4.74 Å². The van der Waals surface area contributed by atoms with Gasteiger partial charge in [-0.3, -0.25) is 0 Å². The molecule has 0 aromatic heterocycles. The maximum Gasteiger partial charge on any atom is 0.229 e. The zero-order valence-electron chi connectivity index (χ0n) is 16.4. The molecule has 6 heteroatoms. The molecule has 3 aromatic rings. The predicted molar refractivity (Wildman–Crippen MR) is 112 cm³/mol. The zero-order chi connectivity index (χ0) is 21.3. The molecule has 4 rings (SSSR count). The normalized spacial score (nSPS) is 26.9. The van der Waals surface area contributed by atoms with Crippen LogP contribution in [0, 0.1) is 5.82 Å². The largest absolute Gasteiger partial charge is 0.461 e. The Hall–Kier alpha value is -2.77. The molecule has 0 radical (unpaired) electrons. The number of ether oxygens (including phenoxy) is 2. The summed E-state index contributed by atoms with van der Waals surface area (Å²) in [6.07, 6.45) is -2.20. The lowest BCUT2D eigenvalue weighted by Gasteiger charge is -2.39. The lowest BCUT2D eigenvalue weighted by atomic mass is 9.99. The van der Waals surface area contributed by atoms with Gasteiger partial charge in [0, 0.05) is 10.9 Å². The number of aliphatic hydroxyl groups is 3. The molecule has 3 N–H and O–H groups in total. The van der Waals surface area contributed by atoms with Crippen molar-refractivity contribution in [1.29, 1.82) is 0 Å². The summed E-state index contributed by atoms with van der Waals surface area (Å²) >= 11 is 0. The quantitative estimate of drug-likeness (QED) is 0.575. The Morgan fingerprint density at radius 2 is 1.60 bits per heavy atom. The number of benzene rings is 3. The van der Waals surface area contributed by atoms with Crippen LogP contribution in [-0.2, 0) is 4.74 Å². The number of aliphatic hydroxyl groups excluding tert-OH is 3. The third-order valence-corrected chi connectivity index (χ3v) is 5.28. The van der Waals surface area contributed by atoms with Crippen LogP contribution in [0.5, 0.6) is 5.75 Å². The first-order valence-electron chi connectivity index (χ1n) is 9.76. The van der Waals surface area contributed by atoms with Gasteiger partial charge in [-0.2, -0.15) is 0 Å². The fraction of sp³-hybridized carbons (Fsp3) is 0.250. The maximum atomic E-state index is 13.2. The standard InChI is InChI=1S/C24H23FO5/c1-14-20(26)21(27)22(28)24(29-14)30-23-17(9-6-15-7-12-18(25)13-8-15)11-10-16-4-2-3-5-19(16)23/h2-14,20-22,24,26-28H,1H3/b9-6+/t14?,20-,21?,22-,24?/m1/s1. The molecule has 0 saturated carbocycles. The van der Waals surface area contributed by atoms with Crippen molar-refractivity contribution in [2.24, 2.45) is 0 Å². The van der Waals surface area contributed by atoms with Gasteiger partial charge >= 0.3 is 0 Å². The average Bonchev–Trinajstić information content (AvgIpc) is 2.76. The number of hydrogen-bond acceptors (Lipinski definition) is 5. The lowest BCUT2D eigenvalue weighted by molar-refractivity contribution is -0.267. The van der Waals surface area contributed by atoms with Gasteiger partial charge in [0.2, 0.25) is 6.29 Å². The Kier molecular flexibility index (Phi) is 5.83. The van der Waals surface area contributed by atoms with E-state index in [-0.39, 0.29) is 5.82 Å². The summed E-state index contributed by atoms with van der Waals surface area (Å²) in [4.78, 5) is 0. The van der Waals surface area contributed by atoms with Crippen LogP contribution in [0.15, 0.2) is 60.7 Å². The summed E-state index contributed by atoms with van der Waals surface area (Å²) in [5, 5.41) is 32.2. The molecule has 0 amide bonds. The molecule has 5 atom stereocenters. The maximum absolute atomic E-state index is 13.2. The summed E-state index contributed by atoms with van der Waals surface area (Å²) in [5.41, 5.74) is 1.54. The van der Waals surface area contributed by atoms with E-state index in [4.69, 9.17) is 9.47 Å². The SMILES string of the molecule is CC1OC(Oc2c(/C=C/c3ccc(F)cc3)ccc3ccccc23)[C@H](O)C(O)[C@@H]1O. The molecule has 30 heavy (non-hydrogen) atoms. The van der Waals surface area contributed by atoms with Gasteiger partial charge in [-0.25, -0.2) is 4.39 Å². The van der Waals surface area contributed by atoms with Crippen LogP contribution in [0.4, 0.5) is 4.39 Å². The summed E-state index contributed by atoms with van der Waals surface area (Å²) < 4.78 is 24.8. The van der Waals surface area contributed by atoms with Crippen LogP contribution in [0.3, 0.4) is 0 Å². The van der Waals surface area contributed by atoms with E-state index in [1.54, 1.807) is 19.1 Å². The van der Waals surface area contributed by atoms with Gasteiger partial charge in [0.25, 0.3) is 0 Å². The third kappa shape index (κ3) is 4.08. The second kappa shape index (κ2) is 8.53. The van der Waals surface area contributed by atoms with Gasteiger partial charge in [0.15, 0.2) is 0 Å². The average molecular weight is 410 g/mol. The number of halogens is 1. The van der Waals surface area contributed by atoms with Crippen molar-refractivity contribution in [3.8, 4) is 5.75 Å². The Morgan fingerprint density at radius 1 is 0.867 bits per heavy atom. The van der Waals surface area contributed by atoms with Crippen LogP contribution in [0.1, 0.15) is 18.1 Å². The van der Waals surface area contributed by atoms with Crippen LogP contribution in [0.2, 0.25) is 0 Å². The molecular formula is C24H23FO5. The molecule has 0 spiro atoms. The summed E-state index contributed by atoms with van der Waals surface area (Å²) in [5.74, 6) is 0.173. The topological polar surface area (TPSA) is 79.2 Å². The van der Waals surface area contributed by atoms with Crippen molar-refractivity contribution < 1.29 is 29.2 Å². The van der Waals surface area contributed by atoms with Gasteiger partial charge in [-0.1, -0.05) is 60.7 Å². The number of rotatable bonds is 4. The highest BCUT2D eigenvalue weighted by Gasteiger charge is 2.43. The van der Waals surface area contributed by atoms with Crippen LogP contribution in [0.25, 0.3) is 22.9 Å². The molecule has 3 aromatic carbocycles. The molecule has 0 bridgehead atoms. The van der Waals surface area contributed by atoms with Gasteiger partial charge in [0.1, 0.15) is 29.9 Å². The van der Waals surface area contributed by atoms with Gasteiger partial charge in [-0.05, 0) is 30.0 Å². The lowest BCUT2D eigenvalue weighted by Crippen LogP contribution is -2.58. The Labute approximate surface area is 173 Å². The second-order valence-electron chi connectivity index (χ2n) is 7.39. The highest BCUT2D eigenvalue weighted by molar-refractivity contribution is 5.93. The first kappa shape index (κ1) is 20.5. The number of hydrogen-bond donors (Lipinski definition) is 3. The van der Waals surface area contributed by atoms with E-state index < -0.39 is 30.7 Å². The molecule has 5 nitrogen and oxygen atoms in total. The van der Waals surface area contributed by atoms with E-state index in [0.29, 0.717) is 5.75 Å². The minimum absolute atomic E-state index is 0.305. The van der Waals surface area contributed by atoms with Crippen molar-refractivity contribution in [3.05, 3.63) is 77.6 Å². The molecule has 1 heterocycles. The van der Waals surface area contributed by atoms with Crippen LogP contribution >= 0.6 is 0 Å². The first-order chi connectivity index (χ1) is 14.4. The Morgan fingerprint density at radius 3 is 2.37 bits per heavy atom. The molecule has 1 saturated heterocycles. The van der Waals surface area contributed by atoms with Crippen molar-refractivity contribution >= 4 is 22.9 Å². The first-order valence-corrected chi connectivity index (χ1v) is 9.76. The Bertz CT molecular complexity index is 1050. The van der Waals surface area contributed by atoms with Gasteiger partial charge < -0.3 is 24.8 Å². The monoisotopic (exact) mass is 410 g/mol. The molecule has 156 valence electrons. The van der Waals surface area contributed by atoms with E-state index in [1.807, 2.05) is 48.6 Å². The van der Waals surface area contributed by atoms with Crippen molar-refractivity contribution in [2.75, 3.05) is 0 Å². The molecule has 0 aliphatic carbocycles. The molecular weight excluding hydrogens is 387 g/mol. The molecule has 3 unspecified atom stereocenters. The fourth-order valence-corrected chi connectivity index (χ4v) is 3.51. The van der Waals surface area contributed by atoms with E-state index >= 15 is 0 Å². The third-order valence-electron chi connectivity index (χ3n) is 5.28. The predicted octanol–water partition coefficient (Wildman–Crippen LogP) is 3.36. The molecule has 1 aliphatic rings. The molecule has 1 fully saturated rings. The van der Waals surface area contributed by atoms with Crippen molar-refractivity contribution in [1.82, 2.24) is 0 Å². The minimum atomic E-state index is -1.41. The van der Waals surface area contributed by atoms with Crippen molar-refractivity contribution in [3.63, 3.8) is 0 Å². The van der Waals surface area contributed by atoms with E-state index in [1.165, 1.54) is 12.1 Å². The second-order valence-corrected chi connectivity index (χ2v) is 7.39. The summed E-state index contributed by atoms with van der Waals surface area (Å²) in [6.45, 7) is 1.61. The zero-order valence-corrected chi connectivity index (χ0v) is 16.4. The van der Waals surface area contributed by atoms with E-state index in [2.05, 4.69) is 0 Å². The van der Waals surface area contributed by atoms with E-state index in [9.17, 15) is 19.7 Å². The van der Waals surface area contributed by atoms with Crippen molar-refractivity contribution in [2.45, 2.75) is 37.6 Å². The van der Waals surface area contributed by atoms with E-state index in [0.717, 1.165) is 21.9 Å². The van der Waals surface area contributed by atoms with Gasteiger partial charge in [0.05, 0.1) is 6.10 Å².